The van der Waals surface area contributed by atoms with Crippen molar-refractivity contribution in [3.05, 3.63) is 34.1 Å². The summed E-state index contributed by atoms with van der Waals surface area (Å²) in [6, 6.07) is 3.85. The van der Waals surface area contributed by atoms with Crippen LogP contribution in [0.2, 0.25) is 0 Å². The largest absolute Gasteiger partial charge is 0.467 e. The van der Waals surface area contributed by atoms with Crippen molar-refractivity contribution in [3.8, 4) is 0 Å². The monoisotopic (exact) mass is 345 g/mol. The Morgan fingerprint density at radius 2 is 2.25 bits per heavy atom. The fourth-order valence-corrected chi connectivity index (χ4v) is 2.46. The predicted molar refractivity (Wildman–Crippen MR) is 71.8 cm³/mol. The SMILES string of the molecule is COC(=O)C1CN(C(=O)c2ccc(F)cc2Br)CCO1. The zero-order valence-corrected chi connectivity index (χ0v) is 12.4. The smallest absolute Gasteiger partial charge is 0.336 e. The molecule has 1 atom stereocenters. The van der Waals surface area contributed by atoms with Gasteiger partial charge < -0.3 is 14.4 Å². The molecule has 0 bridgehead atoms. The summed E-state index contributed by atoms with van der Waals surface area (Å²) in [5.41, 5.74) is 0.344. The van der Waals surface area contributed by atoms with Gasteiger partial charge in [-0.15, -0.1) is 0 Å². The van der Waals surface area contributed by atoms with Crippen LogP contribution in [0.5, 0.6) is 0 Å². The summed E-state index contributed by atoms with van der Waals surface area (Å²) in [4.78, 5) is 25.3. The Hall–Kier alpha value is -1.47. The van der Waals surface area contributed by atoms with Gasteiger partial charge in [0.05, 0.1) is 25.8 Å². The maximum atomic E-state index is 13.0. The third kappa shape index (κ3) is 3.16. The van der Waals surface area contributed by atoms with Crippen LogP contribution >= 0.6 is 15.9 Å². The second-order valence-corrected chi connectivity index (χ2v) is 5.11. The number of nitrogens with zero attached hydrogens (tertiary/aromatic N) is 1. The van der Waals surface area contributed by atoms with Gasteiger partial charge in [-0.1, -0.05) is 0 Å². The van der Waals surface area contributed by atoms with Crippen LogP contribution in [-0.4, -0.2) is 49.7 Å². The molecule has 1 aliphatic rings. The van der Waals surface area contributed by atoms with Gasteiger partial charge in [-0.25, -0.2) is 9.18 Å². The van der Waals surface area contributed by atoms with Crippen molar-refractivity contribution in [1.82, 2.24) is 4.90 Å². The number of benzene rings is 1. The molecule has 1 aliphatic heterocycles. The molecule has 0 aliphatic carbocycles. The third-order valence-electron chi connectivity index (χ3n) is 2.98. The third-order valence-corrected chi connectivity index (χ3v) is 3.64. The molecular weight excluding hydrogens is 333 g/mol. The van der Waals surface area contributed by atoms with E-state index in [0.717, 1.165) is 0 Å². The van der Waals surface area contributed by atoms with Crippen LogP contribution in [0.15, 0.2) is 22.7 Å². The van der Waals surface area contributed by atoms with E-state index in [1.807, 2.05) is 0 Å². The standard InChI is InChI=1S/C13H13BrFNO4/c1-19-13(18)11-7-16(4-5-20-11)12(17)9-3-2-8(15)6-10(9)14/h2-3,6,11H,4-5,7H2,1H3. The maximum Gasteiger partial charge on any atom is 0.336 e. The first-order chi connectivity index (χ1) is 9.52. The molecule has 0 saturated carbocycles. The number of amides is 1. The maximum absolute atomic E-state index is 13.0. The molecule has 0 N–H and O–H groups in total. The Morgan fingerprint density at radius 1 is 1.50 bits per heavy atom. The summed E-state index contributed by atoms with van der Waals surface area (Å²) in [6.07, 6.45) is -0.781. The molecule has 1 saturated heterocycles. The van der Waals surface area contributed by atoms with Crippen molar-refractivity contribution in [2.45, 2.75) is 6.10 Å². The first-order valence-corrected chi connectivity index (χ1v) is 6.76. The van der Waals surface area contributed by atoms with E-state index < -0.39 is 17.9 Å². The summed E-state index contributed by atoms with van der Waals surface area (Å²) in [5, 5.41) is 0. The lowest BCUT2D eigenvalue weighted by Crippen LogP contribution is -2.49. The first kappa shape index (κ1) is 14.9. The minimum absolute atomic E-state index is 0.120. The average molecular weight is 346 g/mol. The number of ether oxygens (including phenoxy) is 2. The van der Waals surface area contributed by atoms with E-state index in [-0.39, 0.29) is 19.1 Å². The van der Waals surface area contributed by atoms with Crippen molar-refractivity contribution in [2.75, 3.05) is 26.8 Å². The van der Waals surface area contributed by atoms with Gasteiger partial charge in [-0.2, -0.15) is 0 Å². The van der Waals surface area contributed by atoms with Crippen LogP contribution in [0.3, 0.4) is 0 Å². The highest BCUT2D eigenvalue weighted by Gasteiger charge is 2.30. The summed E-state index contributed by atoms with van der Waals surface area (Å²) >= 11 is 3.16. The van der Waals surface area contributed by atoms with Crippen molar-refractivity contribution in [2.24, 2.45) is 0 Å². The number of methoxy groups -OCH3 is 1. The molecule has 0 spiro atoms. The summed E-state index contributed by atoms with van der Waals surface area (Å²) in [6.45, 7) is 0.746. The molecule has 5 nitrogen and oxygen atoms in total. The van der Waals surface area contributed by atoms with E-state index >= 15 is 0 Å². The number of halogens is 2. The summed E-state index contributed by atoms with van der Waals surface area (Å²) < 4.78 is 23.3. The molecule has 108 valence electrons. The number of rotatable bonds is 2. The van der Waals surface area contributed by atoms with Crippen LogP contribution < -0.4 is 0 Å². The highest BCUT2D eigenvalue weighted by Crippen LogP contribution is 2.21. The number of carbonyl (C=O) groups is 2. The molecule has 20 heavy (non-hydrogen) atoms. The average Bonchev–Trinajstić information content (AvgIpc) is 2.46. The van der Waals surface area contributed by atoms with Crippen LogP contribution in [0.4, 0.5) is 4.39 Å². The van der Waals surface area contributed by atoms with Crippen LogP contribution in [0.1, 0.15) is 10.4 Å². The van der Waals surface area contributed by atoms with E-state index in [9.17, 15) is 14.0 Å². The zero-order chi connectivity index (χ0) is 14.7. The number of hydrogen-bond donors (Lipinski definition) is 0. The second-order valence-electron chi connectivity index (χ2n) is 4.26. The van der Waals surface area contributed by atoms with Crippen molar-refractivity contribution in [3.63, 3.8) is 0 Å². The summed E-state index contributed by atoms with van der Waals surface area (Å²) in [7, 11) is 1.27. The molecule has 1 unspecified atom stereocenters. The number of hydrogen-bond acceptors (Lipinski definition) is 4. The molecule has 0 aromatic heterocycles. The molecule has 2 rings (SSSR count). The van der Waals surface area contributed by atoms with E-state index in [2.05, 4.69) is 20.7 Å². The molecular formula is C13H13BrFNO4. The molecule has 1 aromatic rings. The van der Waals surface area contributed by atoms with Gasteiger partial charge in [-0.3, -0.25) is 4.79 Å². The van der Waals surface area contributed by atoms with Crippen LogP contribution in [0.25, 0.3) is 0 Å². The van der Waals surface area contributed by atoms with Crippen LogP contribution in [-0.2, 0) is 14.3 Å². The highest BCUT2D eigenvalue weighted by molar-refractivity contribution is 9.10. The topological polar surface area (TPSA) is 55.8 Å². The van der Waals surface area contributed by atoms with Gasteiger partial charge in [0, 0.05) is 11.0 Å². The van der Waals surface area contributed by atoms with Crippen molar-refractivity contribution >= 4 is 27.8 Å². The van der Waals surface area contributed by atoms with Gasteiger partial charge in [0.2, 0.25) is 0 Å². The number of esters is 1. The Balaban J connectivity index is 2.14. The molecule has 1 fully saturated rings. The number of carbonyl (C=O) groups excluding carboxylic acids is 2. The lowest BCUT2D eigenvalue weighted by Gasteiger charge is -2.31. The Bertz CT molecular complexity index is 537. The quantitative estimate of drug-likeness (QED) is 0.764. The first-order valence-electron chi connectivity index (χ1n) is 5.96. The number of morpholine rings is 1. The predicted octanol–water partition coefficient (Wildman–Crippen LogP) is 1.60. The fraction of sp³-hybridized carbons (Fsp3) is 0.385. The molecule has 0 radical (unpaired) electrons. The van der Waals surface area contributed by atoms with Gasteiger partial charge >= 0.3 is 5.97 Å². The van der Waals surface area contributed by atoms with E-state index in [1.165, 1.54) is 30.2 Å². The van der Waals surface area contributed by atoms with Crippen LogP contribution in [0, 0.1) is 5.82 Å². The van der Waals surface area contributed by atoms with E-state index in [4.69, 9.17) is 4.74 Å². The van der Waals surface area contributed by atoms with E-state index in [1.54, 1.807) is 0 Å². The minimum Gasteiger partial charge on any atom is -0.467 e. The molecule has 1 aromatic carbocycles. The fourth-order valence-electron chi connectivity index (χ4n) is 1.94. The Labute approximate surface area is 123 Å². The highest BCUT2D eigenvalue weighted by atomic mass is 79.9. The lowest BCUT2D eigenvalue weighted by atomic mass is 10.1. The zero-order valence-electron chi connectivity index (χ0n) is 10.8. The Kier molecular flexibility index (Phi) is 4.72. The van der Waals surface area contributed by atoms with Gasteiger partial charge in [0.15, 0.2) is 6.10 Å². The normalized spacial score (nSPS) is 18.8. The minimum atomic E-state index is -0.781. The Morgan fingerprint density at radius 3 is 2.90 bits per heavy atom. The molecule has 7 heteroatoms. The van der Waals surface area contributed by atoms with E-state index in [0.29, 0.717) is 16.6 Å². The lowest BCUT2D eigenvalue weighted by molar-refractivity contribution is -0.158. The summed E-state index contributed by atoms with van der Waals surface area (Å²) in [5.74, 6) is -1.22. The van der Waals surface area contributed by atoms with Gasteiger partial charge in [0.25, 0.3) is 5.91 Å². The van der Waals surface area contributed by atoms with Gasteiger partial charge in [0.1, 0.15) is 5.82 Å². The molecule has 1 heterocycles. The van der Waals surface area contributed by atoms with Crippen molar-refractivity contribution < 1.29 is 23.5 Å². The van der Waals surface area contributed by atoms with Crippen molar-refractivity contribution in [1.29, 1.82) is 0 Å². The van der Waals surface area contributed by atoms with Gasteiger partial charge in [-0.05, 0) is 34.1 Å². The second kappa shape index (κ2) is 6.32. The molecule has 1 amide bonds.